The third-order valence-electron chi connectivity index (χ3n) is 6.94. The van der Waals surface area contributed by atoms with E-state index >= 15 is 0 Å². The van der Waals surface area contributed by atoms with Crippen molar-refractivity contribution in [2.24, 2.45) is 7.05 Å². The molecule has 0 radical (unpaired) electrons. The van der Waals surface area contributed by atoms with E-state index in [1.165, 1.54) is 24.3 Å². The molecule has 1 N–H and O–H groups in total. The van der Waals surface area contributed by atoms with E-state index in [2.05, 4.69) is 20.2 Å². The van der Waals surface area contributed by atoms with Gasteiger partial charge in [0.25, 0.3) is 0 Å². The van der Waals surface area contributed by atoms with Gasteiger partial charge in [0, 0.05) is 65.1 Å². The minimum absolute atomic E-state index is 0.140. The fraction of sp³-hybridized carbons (Fsp3) is 0.345. The van der Waals surface area contributed by atoms with Crippen LogP contribution in [0.15, 0.2) is 42.3 Å². The van der Waals surface area contributed by atoms with Gasteiger partial charge in [0.15, 0.2) is 6.29 Å². The van der Waals surface area contributed by atoms with Crippen molar-refractivity contribution in [3.8, 4) is 6.07 Å². The first-order valence-electron chi connectivity index (χ1n) is 12.7. The van der Waals surface area contributed by atoms with Gasteiger partial charge in [-0.3, -0.25) is 9.48 Å². The SMILES string of the molecule is Cc1nn(C)cc1N1CCN(/C(=C/c2c(C=O)cc(F)cc2[C@@H](C)Nc2ccc(F)cc2C#N)N(C)C)CC1. The number of rotatable bonds is 8. The van der Waals surface area contributed by atoms with Crippen LogP contribution in [0.5, 0.6) is 0 Å². The normalized spacial score (nSPS) is 14.7. The van der Waals surface area contributed by atoms with Gasteiger partial charge in [-0.1, -0.05) is 0 Å². The summed E-state index contributed by atoms with van der Waals surface area (Å²) in [5, 5.41) is 17.1. The zero-order chi connectivity index (χ0) is 28.3. The number of hydrogen-bond acceptors (Lipinski definition) is 7. The van der Waals surface area contributed by atoms with Gasteiger partial charge < -0.3 is 20.0 Å². The molecule has 2 aromatic carbocycles. The third-order valence-corrected chi connectivity index (χ3v) is 6.94. The largest absolute Gasteiger partial charge is 0.377 e. The van der Waals surface area contributed by atoms with Crippen LogP contribution in [-0.2, 0) is 7.05 Å². The number of hydrogen-bond donors (Lipinski definition) is 1. The molecule has 3 aromatic rings. The first-order chi connectivity index (χ1) is 18.6. The van der Waals surface area contributed by atoms with Crippen molar-refractivity contribution in [2.45, 2.75) is 19.9 Å². The Labute approximate surface area is 227 Å². The number of piperazine rings is 1. The number of nitrogens with one attached hydrogen (secondary N) is 1. The molecule has 1 aliphatic rings. The number of nitriles is 1. The maximum Gasteiger partial charge on any atom is 0.150 e. The first kappa shape index (κ1) is 27.6. The van der Waals surface area contributed by atoms with Crippen molar-refractivity contribution in [3.63, 3.8) is 0 Å². The van der Waals surface area contributed by atoms with Gasteiger partial charge >= 0.3 is 0 Å². The molecule has 1 aliphatic heterocycles. The molecule has 0 bridgehead atoms. The second kappa shape index (κ2) is 11.6. The van der Waals surface area contributed by atoms with Crippen molar-refractivity contribution >= 4 is 23.7 Å². The molecule has 204 valence electrons. The molecule has 0 unspecified atom stereocenters. The summed E-state index contributed by atoms with van der Waals surface area (Å²) in [4.78, 5) is 18.6. The lowest BCUT2D eigenvalue weighted by atomic mass is 9.95. The van der Waals surface area contributed by atoms with Crippen LogP contribution in [0.2, 0.25) is 0 Å². The van der Waals surface area contributed by atoms with Crippen molar-refractivity contribution < 1.29 is 13.6 Å². The summed E-state index contributed by atoms with van der Waals surface area (Å²) in [6.07, 6.45) is 4.60. The lowest BCUT2D eigenvalue weighted by molar-refractivity contribution is 0.112. The predicted molar refractivity (Wildman–Crippen MR) is 148 cm³/mol. The summed E-state index contributed by atoms with van der Waals surface area (Å²) in [6, 6.07) is 8.00. The number of benzene rings is 2. The highest BCUT2D eigenvalue weighted by Gasteiger charge is 2.24. The Morgan fingerprint density at radius 2 is 1.87 bits per heavy atom. The van der Waals surface area contributed by atoms with Crippen LogP contribution in [0.3, 0.4) is 0 Å². The monoisotopic (exact) mass is 533 g/mol. The van der Waals surface area contributed by atoms with E-state index < -0.39 is 17.7 Å². The Morgan fingerprint density at radius 3 is 2.46 bits per heavy atom. The fourth-order valence-corrected chi connectivity index (χ4v) is 5.04. The standard InChI is InChI=1S/C29H33F2N7O/c1-19(33-27-7-6-23(30)12-21(27)16-32)25-14-24(31)13-22(18-39)26(25)15-29(35(3)4)38-10-8-37(9-11-38)28-17-36(5)34-20(28)2/h6-7,12-15,17-19,33H,8-11H2,1-5H3/b29-15+/t19-/m1/s1. The number of aryl methyl sites for hydroxylation is 2. The van der Waals surface area contributed by atoms with Gasteiger partial charge in [0.2, 0.25) is 0 Å². The van der Waals surface area contributed by atoms with Crippen LogP contribution in [0.1, 0.15) is 45.7 Å². The van der Waals surface area contributed by atoms with Gasteiger partial charge in [-0.2, -0.15) is 10.4 Å². The molecule has 10 heteroatoms. The molecular weight excluding hydrogens is 500 g/mol. The minimum Gasteiger partial charge on any atom is -0.377 e. The smallest absolute Gasteiger partial charge is 0.150 e. The van der Waals surface area contributed by atoms with Crippen molar-refractivity contribution in [3.05, 3.63) is 81.9 Å². The van der Waals surface area contributed by atoms with E-state index in [9.17, 15) is 18.8 Å². The van der Waals surface area contributed by atoms with Crippen LogP contribution >= 0.6 is 0 Å². The average molecular weight is 534 g/mol. The summed E-state index contributed by atoms with van der Waals surface area (Å²) >= 11 is 0. The Kier molecular flexibility index (Phi) is 8.19. The maximum atomic E-state index is 14.6. The summed E-state index contributed by atoms with van der Waals surface area (Å²) < 4.78 is 30.1. The number of carbonyl (C=O) groups excluding carboxylic acids is 1. The summed E-state index contributed by atoms with van der Waals surface area (Å²) in [7, 11) is 5.79. The Morgan fingerprint density at radius 1 is 1.15 bits per heavy atom. The molecule has 0 spiro atoms. The summed E-state index contributed by atoms with van der Waals surface area (Å²) in [6.45, 7) is 6.92. The highest BCUT2D eigenvalue weighted by atomic mass is 19.1. The van der Waals surface area contributed by atoms with Gasteiger partial charge in [-0.05, 0) is 61.4 Å². The van der Waals surface area contributed by atoms with Crippen LogP contribution in [-0.4, -0.2) is 66.1 Å². The van der Waals surface area contributed by atoms with Crippen molar-refractivity contribution in [1.82, 2.24) is 19.6 Å². The molecule has 0 aliphatic carbocycles. The molecule has 1 saturated heterocycles. The predicted octanol–water partition coefficient (Wildman–Crippen LogP) is 4.55. The Bertz CT molecular complexity index is 1430. The zero-order valence-corrected chi connectivity index (χ0v) is 22.9. The number of halogens is 2. The number of carbonyl (C=O) groups is 1. The molecule has 0 amide bonds. The van der Waals surface area contributed by atoms with Crippen LogP contribution in [0.25, 0.3) is 6.08 Å². The maximum absolute atomic E-state index is 14.6. The summed E-state index contributed by atoms with van der Waals surface area (Å²) in [5.41, 5.74) is 4.03. The van der Waals surface area contributed by atoms with Crippen molar-refractivity contribution in [1.29, 1.82) is 5.26 Å². The van der Waals surface area contributed by atoms with Crippen LogP contribution in [0.4, 0.5) is 20.2 Å². The number of nitrogens with zero attached hydrogens (tertiary/aromatic N) is 6. The quantitative estimate of drug-likeness (QED) is 0.426. The average Bonchev–Trinajstić information content (AvgIpc) is 3.25. The van der Waals surface area contributed by atoms with E-state index in [1.54, 1.807) is 0 Å². The molecule has 4 rings (SSSR count). The second-order valence-corrected chi connectivity index (χ2v) is 9.93. The molecule has 0 saturated carbocycles. The molecule has 39 heavy (non-hydrogen) atoms. The van der Waals surface area contributed by atoms with Gasteiger partial charge in [0.1, 0.15) is 23.5 Å². The fourth-order valence-electron chi connectivity index (χ4n) is 5.04. The number of aldehydes is 1. The molecule has 1 atom stereocenters. The van der Waals surface area contributed by atoms with Crippen molar-refractivity contribution in [2.75, 3.05) is 50.5 Å². The Balaban J connectivity index is 1.67. The van der Waals surface area contributed by atoms with Gasteiger partial charge in [0.05, 0.1) is 22.6 Å². The molecular formula is C29H33F2N7O. The highest BCUT2D eigenvalue weighted by Crippen LogP contribution is 2.30. The van der Waals surface area contributed by atoms with Crippen LogP contribution in [0, 0.1) is 29.9 Å². The molecule has 8 nitrogen and oxygen atoms in total. The third kappa shape index (κ3) is 6.03. The van der Waals surface area contributed by atoms with Gasteiger partial charge in [-0.25, -0.2) is 8.78 Å². The molecule has 1 fully saturated rings. The lowest BCUT2D eigenvalue weighted by Gasteiger charge is -2.40. The number of anilines is 2. The highest BCUT2D eigenvalue weighted by molar-refractivity contribution is 5.84. The Hall–Kier alpha value is -4.39. The topological polar surface area (TPSA) is 80.4 Å². The van der Waals surface area contributed by atoms with Crippen LogP contribution < -0.4 is 10.2 Å². The molecule has 1 aromatic heterocycles. The van der Waals surface area contributed by atoms with E-state index in [0.29, 0.717) is 23.1 Å². The first-order valence-corrected chi connectivity index (χ1v) is 12.7. The number of aromatic nitrogens is 2. The van der Waals surface area contributed by atoms with E-state index in [4.69, 9.17) is 0 Å². The van der Waals surface area contributed by atoms with E-state index in [-0.39, 0.29) is 11.1 Å². The minimum atomic E-state index is -0.538. The van der Waals surface area contributed by atoms with E-state index in [1.807, 2.05) is 62.9 Å². The molecule has 2 heterocycles. The van der Waals surface area contributed by atoms with E-state index in [0.717, 1.165) is 49.4 Å². The second-order valence-electron chi connectivity index (χ2n) is 9.93. The summed E-state index contributed by atoms with van der Waals surface area (Å²) in [5.74, 6) is -0.165. The van der Waals surface area contributed by atoms with Gasteiger partial charge in [-0.15, -0.1) is 0 Å². The zero-order valence-electron chi connectivity index (χ0n) is 22.9. The lowest BCUT2D eigenvalue weighted by Crippen LogP contribution is -2.48.